The second-order valence-electron chi connectivity index (χ2n) is 5.56. The molecule has 0 aromatic rings. The summed E-state index contributed by atoms with van der Waals surface area (Å²) >= 11 is 1.93. The van der Waals surface area contributed by atoms with E-state index in [2.05, 4.69) is 51.2 Å². The number of rotatable bonds is 9. The lowest BCUT2D eigenvalue weighted by atomic mass is 9.92. The molecule has 0 amide bonds. The summed E-state index contributed by atoms with van der Waals surface area (Å²) in [6.07, 6.45) is 3.40. The molecular weight excluding hydrogens is 216 g/mol. The van der Waals surface area contributed by atoms with Crippen LogP contribution in [0.4, 0.5) is 0 Å². The van der Waals surface area contributed by atoms with Crippen LogP contribution in [0.25, 0.3) is 0 Å². The second kappa shape index (κ2) is 8.37. The minimum Gasteiger partial charge on any atom is -0.316 e. The van der Waals surface area contributed by atoms with Crippen molar-refractivity contribution in [2.24, 2.45) is 5.41 Å². The Labute approximate surface area is 107 Å². The Balaban J connectivity index is 3.93. The van der Waals surface area contributed by atoms with Crippen molar-refractivity contribution in [2.75, 3.05) is 38.7 Å². The summed E-state index contributed by atoms with van der Waals surface area (Å²) in [5, 5.41) is 3.52. The Hall–Kier alpha value is 0.270. The van der Waals surface area contributed by atoms with Crippen LogP contribution in [0, 0.1) is 5.41 Å². The van der Waals surface area contributed by atoms with Crippen LogP contribution in [0.3, 0.4) is 0 Å². The minimum atomic E-state index is 0.358. The molecule has 0 aromatic carbocycles. The van der Waals surface area contributed by atoms with Gasteiger partial charge in [-0.05, 0) is 38.6 Å². The van der Waals surface area contributed by atoms with Crippen molar-refractivity contribution in [3.8, 4) is 0 Å². The summed E-state index contributed by atoms with van der Waals surface area (Å²) in [7, 11) is 2.24. The Morgan fingerprint density at radius 1 is 1.38 bits per heavy atom. The Morgan fingerprint density at radius 3 is 2.50 bits per heavy atom. The molecule has 0 aliphatic carbocycles. The molecule has 16 heavy (non-hydrogen) atoms. The van der Waals surface area contributed by atoms with Crippen molar-refractivity contribution in [3.05, 3.63) is 0 Å². The fourth-order valence-corrected chi connectivity index (χ4v) is 2.60. The van der Waals surface area contributed by atoms with E-state index in [-0.39, 0.29) is 0 Å². The molecule has 0 saturated heterocycles. The molecule has 0 saturated carbocycles. The van der Waals surface area contributed by atoms with E-state index in [0.717, 1.165) is 19.6 Å². The number of nitrogens with zero attached hydrogens (tertiary/aromatic N) is 1. The maximum atomic E-state index is 3.52. The predicted octanol–water partition coefficient (Wildman–Crippen LogP) is 2.70. The van der Waals surface area contributed by atoms with E-state index >= 15 is 0 Å². The van der Waals surface area contributed by atoms with E-state index in [1.165, 1.54) is 12.2 Å². The predicted molar refractivity (Wildman–Crippen MR) is 77.4 cm³/mol. The fourth-order valence-electron chi connectivity index (χ4n) is 1.86. The average molecular weight is 246 g/mol. The summed E-state index contributed by atoms with van der Waals surface area (Å²) in [6.45, 7) is 12.6. The molecular formula is C13H30N2S. The molecule has 2 nitrogen and oxygen atoms in total. The summed E-state index contributed by atoms with van der Waals surface area (Å²) in [5.41, 5.74) is 0.358. The molecule has 0 aromatic heterocycles. The molecule has 0 radical (unpaired) electrons. The molecule has 0 fully saturated rings. The van der Waals surface area contributed by atoms with E-state index in [1.807, 2.05) is 11.8 Å². The maximum absolute atomic E-state index is 3.52. The standard InChI is InChI=1S/C13H30N2S/c1-7-8-14-10-13(3,4)11-15(5)12(2)9-16-6/h12,14H,7-11H2,1-6H3. The van der Waals surface area contributed by atoms with Gasteiger partial charge in [0.25, 0.3) is 0 Å². The molecule has 1 unspecified atom stereocenters. The van der Waals surface area contributed by atoms with Crippen LogP contribution < -0.4 is 5.32 Å². The van der Waals surface area contributed by atoms with E-state index in [4.69, 9.17) is 0 Å². The van der Waals surface area contributed by atoms with Crippen molar-refractivity contribution >= 4 is 11.8 Å². The van der Waals surface area contributed by atoms with Crippen LogP contribution in [0.5, 0.6) is 0 Å². The topological polar surface area (TPSA) is 15.3 Å². The van der Waals surface area contributed by atoms with Crippen molar-refractivity contribution < 1.29 is 0 Å². The summed E-state index contributed by atoms with van der Waals surface area (Å²) in [6, 6.07) is 0.667. The monoisotopic (exact) mass is 246 g/mol. The first-order valence-electron chi connectivity index (χ1n) is 6.33. The average Bonchev–Trinajstić information content (AvgIpc) is 2.17. The van der Waals surface area contributed by atoms with Crippen molar-refractivity contribution in [1.29, 1.82) is 0 Å². The number of thioether (sulfide) groups is 1. The van der Waals surface area contributed by atoms with Crippen LogP contribution >= 0.6 is 11.8 Å². The van der Waals surface area contributed by atoms with Crippen LogP contribution in [0.1, 0.15) is 34.1 Å². The Morgan fingerprint density at radius 2 is 2.00 bits per heavy atom. The van der Waals surface area contributed by atoms with Gasteiger partial charge in [-0.2, -0.15) is 11.8 Å². The van der Waals surface area contributed by atoms with Crippen LogP contribution in [0.15, 0.2) is 0 Å². The van der Waals surface area contributed by atoms with Crippen LogP contribution in [-0.4, -0.2) is 49.6 Å². The van der Waals surface area contributed by atoms with Crippen molar-refractivity contribution in [3.63, 3.8) is 0 Å². The highest BCUT2D eigenvalue weighted by atomic mass is 32.2. The fraction of sp³-hybridized carbons (Fsp3) is 1.00. The van der Waals surface area contributed by atoms with Crippen molar-refractivity contribution in [2.45, 2.75) is 40.2 Å². The van der Waals surface area contributed by atoms with E-state index < -0.39 is 0 Å². The van der Waals surface area contributed by atoms with Gasteiger partial charge in [-0.1, -0.05) is 20.8 Å². The van der Waals surface area contributed by atoms with E-state index in [0.29, 0.717) is 11.5 Å². The highest BCUT2D eigenvalue weighted by molar-refractivity contribution is 7.98. The van der Waals surface area contributed by atoms with Crippen LogP contribution in [0.2, 0.25) is 0 Å². The molecule has 3 heteroatoms. The number of nitrogens with one attached hydrogen (secondary N) is 1. The third-order valence-electron chi connectivity index (χ3n) is 2.87. The lowest BCUT2D eigenvalue weighted by molar-refractivity contribution is 0.176. The molecule has 0 rings (SSSR count). The zero-order chi connectivity index (χ0) is 12.6. The quantitative estimate of drug-likeness (QED) is 0.630. The van der Waals surface area contributed by atoms with E-state index in [1.54, 1.807) is 0 Å². The molecule has 0 spiro atoms. The molecule has 0 aliphatic rings. The van der Waals surface area contributed by atoms with Gasteiger partial charge in [0.05, 0.1) is 0 Å². The van der Waals surface area contributed by atoms with Gasteiger partial charge in [0.1, 0.15) is 0 Å². The SMILES string of the molecule is CCCNCC(C)(C)CN(C)C(C)CSC. The third-order valence-corrected chi connectivity index (χ3v) is 3.68. The molecule has 0 aliphatic heterocycles. The largest absolute Gasteiger partial charge is 0.316 e. The van der Waals surface area contributed by atoms with Gasteiger partial charge in [0.15, 0.2) is 0 Å². The number of hydrogen-bond donors (Lipinski definition) is 1. The zero-order valence-corrected chi connectivity index (χ0v) is 12.8. The molecule has 0 heterocycles. The lowest BCUT2D eigenvalue weighted by Gasteiger charge is -2.34. The third kappa shape index (κ3) is 7.53. The molecule has 98 valence electrons. The van der Waals surface area contributed by atoms with Gasteiger partial charge >= 0.3 is 0 Å². The Bertz CT molecular complexity index is 171. The zero-order valence-electron chi connectivity index (χ0n) is 12.0. The summed E-state index contributed by atoms with van der Waals surface area (Å²) in [4.78, 5) is 2.48. The molecule has 1 atom stereocenters. The van der Waals surface area contributed by atoms with E-state index in [9.17, 15) is 0 Å². The smallest absolute Gasteiger partial charge is 0.0155 e. The summed E-state index contributed by atoms with van der Waals surface area (Å²) in [5.74, 6) is 1.22. The normalized spacial score (nSPS) is 14.4. The minimum absolute atomic E-state index is 0.358. The van der Waals surface area contributed by atoms with Gasteiger partial charge in [-0.3, -0.25) is 0 Å². The molecule has 0 bridgehead atoms. The molecule has 1 N–H and O–H groups in total. The first-order chi connectivity index (χ1) is 7.43. The first-order valence-corrected chi connectivity index (χ1v) is 7.72. The second-order valence-corrected chi connectivity index (χ2v) is 6.47. The Kier molecular flexibility index (Phi) is 8.52. The lowest BCUT2D eigenvalue weighted by Crippen LogP contribution is -2.43. The van der Waals surface area contributed by atoms with Crippen LogP contribution in [-0.2, 0) is 0 Å². The number of hydrogen-bond acceptors (Lipinski definition) is 3. The summed E-state index contributed by atoms with van der Waals surface area (Å²) < 4.78 is 0. The first kappa shape index (κ1) is 16.3. The van der Waals surface area contributed by atoms with Gasteiger partial charge in [-0.25, -0.2) is 0 Å². The van der Waals surface area contributed by atoms with Gasteiger partial charge in [0.2, 0.25) is 0 Å². The highest BCUT2D eigenvalue weighted by Crippen LogP contribution is 2.17. The van der Waals surface area contributed by atoms with Crippen molar-refractivity contribution in [1.82, 2.24) is 10.2 Å². The highest BCUT2D eigenvalue weighted by Gasteiger charge is 2.21. The maximum Gasteiger partial charge on any atom is 0.0155 e. The van der Waals surface area contributed by atoms with Gasteiger partial charge in [0, 0.05) is 24.9 Å². The van der Waals surface area contributed by atoms with Gasteiger partial charge < -0.3 is 10.2 Å². The van der Waals surface area contributed by atoms with Gasteiger partial charge in [-0.15, -0.1) is 0 Å².